The van der Waals surface area contributed by atoms with E-state index in [0.29, 0.717) is 24.8 Å². The molecule has 0 saturated heterocycles. The third-order valence-corrected chi connectivity index (χ3v) is 4.90. The molecule has 2 rings (SSSR count). The number of halogens is 2. The first-order valence-corrected chi connectivity index (χ1v) is 9.20. The molecule has 138 valence electrons. The van der Waals surface area contributed by atoms with Crippen LogP contribution in [0.2, 0.25) is 0 Å². The van der Waals surface area contributed by atoms with E-state index in [2.05, 4.69) is 15.6 Å². The average Bonchev–Trinajstić information content (AvgIpc) is 3.06. The van der Waals surface area contributed by atoms with Crippen LogP contribution in [0.4, 0.5) is 4.39 Å². The lowest BCUT2D eigenvalue weighted by Crippen LogP contribution is -2.39. The van der Waals surface area contributed by atoms with Gasteiger partial charge in [-0.2, -0.15) is 0 Å². The van der Waals surface area contributed by atoms with E-state index in [4.69, 9.17) is 4.42 Å². The monoisotopic (exact) mass is 481 g/mol. The number of hydrogen-bond acceptors (Lipinski definition) is 4. The standard InChI is InChI=1S/C16H20FN3O3S.HI/c1-2-18-16(20-12-13-6-5-10-23-13)19-9-11-24(21,22)15-8-4-3-7-14(15)17;/h3-8,10H,2,9,11-12H2,1H3,(H2,18,19,20);1H. The molecule has 0 aliphatic heterocycles. The molecule has 0 bridgehead atoms. The second-order valence-electron chi connectivity index (χ2n) is 4.95. The molecular formula is C16H21FIN3O3S. The highest BCUT2D eigenvalue weighted by Gasteiger charge is 2.18. The molecule has 0 aliphatic carbocycles. The van der Waals surface area contributed by atoms with E-state index in [9.17, 15) is 12.8 Å². The summed E-state index contributed by atoms with van der Waals surface area (Å²) in [6.07, 6.45) is 1.56. The number of rotatable bonds is 7. The SMILES string of the molecule is CCNC(=NCc1ccco1)NCCS(=O)(=O)c1ccccc1F.I. The van der Waals surface area contributed by atoms with Crippen molar-refractivity contribution in [2.24, 2.45) is 4.99 Å². The number of sulfone groups is 1. The van der Waals surface area contributed by atoms with E-state index >= 15 is 0 Å². The molecule has 0 fully saturated rings. The largest absolute Gasteiger partial charge is 0.467 e. The number of benzene rings is 1. The number of furan rings is 1. The molecule has 0 saturated carbocycles. The van der Waals surface area contributed by atoms with Crippen LogP contribution >= 0.6 is 24.0 Å². The Labute approximate surface area is 163 Å². The number of nitrogens with one attached hydrogen (secondary N) is 2. The number of hydrogen-bond donors (Lipinski definition) is 2. The predicted molar refractivity (Wildman–Crippen MR) is 105 cm³/mol. The lowest BCUT2D eigenvalue weighted by atomic mass is 10.3. The zero-order valence-corrected chi connectivity index (χ0v) is 16.9. The van der Waals surface area contributed by atoms with Gasteiger partial charge in [0.25, 0.3) is 0 Å². The van der Waals surface area contributed by atoms with Gasteiger partial charge in [0.1, 0.15) is 23.0 Å². The van der Waals surface area contributed by atoms with Crippen LogP contribution in [0.3, 0.4) is 0 Å². The van der Waals surface area contributed by atoms with E-state index in [1.165, 1.54) is 18.2 Å². The fourth-order valence-corrected chi connectivity index (χ4v) is 3.25. The Hall–Kier alpha value is -1.62. The van der Waals surface area contributed by atoms with Crippen LogP contribution in [0, 0.1) is 5.82 Å². The van der Waals surface area contributed by atoms with Crippen LogP contribution in [0.1, 0.15) is 12.7 Å². The van der Waals surface area contributed by atoms with Crippen molar-refractivity contribution in [1.29, 1.82) is 0 Å². The van der Waals surface area contributed by atoms with Crippen molar-refractivity contribution < 1.29 is 17.2 Å². The van der Waals surface area contributed by atoms with Gasteiger partial charge in [-0.15, -0.1) is 24.0 Å². The highest BCUT2D eigenvalue weighted by molar-refractivity contribution is 14.0. The Morgan fingerprint density at radius 3 is 2.60 bits per heavy atom. The third-order valence-electron chi connectivity index (χ3n) is 3.15. The summed E-state index contributed by atoms with van der Waals surface area (Å²) in [6.45, 7) is 2.98. The number of nitrogens with zero attached hydrogens (tertiary/aromatic N) is 1. The maximum atomic E-state index is 13.6. The van der Waals surface area contributed by atoms with Gasteiger partial charge in [0.15, 0.2) is 15.8 Å². The van der Waals surface area contributed by atoms with E-state index in [1.54, 1.807) is 18.4 Å². The normalized spacial score (nSPS) is 11.7. The summed E-state index contributed by atoms with van der Waals surface area (Å²) in [6, 6.07) is 8.92. The third kappa shape index (κ3) is 6.65. The highest BCUT2D eigenvalue weighted by atomic mass is 127. The van der Waals surface area contributed by atoms with E-state index < -0.39 is 15.7 Å². The fourth-order valence-electron chi connectivity index (χ4n) is 2.01. The second kappa shape index (κ2) is 10.4. The van der Waals surface area contributed by atoms with Gasteiger partial charge >= 0.3 is 0 Å². The minimum Gasteiger partial charge on any atom is -0.467 e. The van der Waals surface area contributed by atoms with Crippen molar-refractivity contribution in [1.82, 2.24) is 10.6 Å². The average molecular weight is 481 g/mol. The lowest BCUT2D eigenvalue weighted by Gasteiger charge is -2.11. The summed E-state index contributed by atoms with van der Waals surface area (Å²) in [7, 11) is -3.70. The zero-order chi connectivity index (χ0) is 17.4. The van der Waals surface area contributed by atoms with Crippen LogP contribution in [0.25, 0.3) is 0 Å². The van der Waals surface area contributed by atoms with Crippen LogP contribution in [-0.2, 0) is 16.4 Å². The zero-order valence-electron chi connectivity index (χ0n) is 13.7. The van der Waals surface area contributed by atoms with Crippen LogP contribution in [0.15, 0.2) is 57.0 Å². The Balaban J connectivity index is 0.00000312. The van der Waals surface area contributed by atoms with Gasteiger partial charge < -0.3 is 15.1 Å². The maximum absolute atomic E-state index is 13.6. The summed E-state index contributed by atoms with van der Waals surface area (Å²) in [5, 5.41) is 5.93. The molecule has 0 spiro atoms. The van der Waals surface area contributed by atoms with E-state index in [-0.39, 0.29) is 41.2 Å². The first kappa shape index (κ1) is 21.4. The molecule has 2 aromatic rings. The molecule has 0 atom stereocenters. The van der Waals surface area contributed by atoms with Crippen molar-refractivity contribution in [2.75, 3.05) is 18.8 Å². The first-order valence-electron chi connectivity index (χ1n) is 7.55. The van der Waals surface area contributed by atoms with E-state index in [0.717, 1.165) is 6.07 Å². The molecule has 0 radical (unpaired) electrons. The minimum absolute atomic E-state index is 0. The Kier molecular flexibility index (Phi) is 8.90. The Bertz CT molecular complexity index is 780. The first-order chi connectivity index (χ1) is 11.5. The molecule has 0 amide bonds. The summed E-state index contributed by atoms with van der Waals surface area (Å²) >= 11 is 0. The second-order valence-corrected chi connectivity index (χ2v) is 7.03. The van der Waals surface area contributed by atoms with Crippen LogP contribution < -0.4 is 10.6 Å². The summed E-state index contributed by atoms with van der Waals surface area (Å²) in [5.41, 5.74) is 0. The van der Waals surface area contributed by atoms with Gasteiger partial charge in [0.2, 0.25) is 0 Å². The molecule has 0 aliphatic rings. The van der Waals surface area contributed by atoms with Gasteiger partial charge in [-0.1, -0.05) is 12.1 Å². The molecule has 25 heavy (non-hydrogen) atoms. The molecule has 6 nitrogen and oxygen atoms in total. The van der Waals surface area contributed by atoms with Gasteiger partial charge in [0.05, 0.1) is 12.0 Å². The summed E-state index contributed by atoms with van der Waals surface area (Å²) in [4.78, 5) is 4.01. The van der Waals surface area contributed by atoms with Crippen molar-refractivity contribution in [2.45, 2.75) is 18.4 Å². The summed E-state index contributed by atoms with van der Waals surface area (Å²) < 4.78 is 43.2. The van der Waals surface area contributed by atoms with Gasteiger partial charge in [-0.25, -0.2) is 17.8 Å². The predicted octanol–water partition coefficient (Wildman–Crippen LogP) is 2.57. The van der Waals surface area contributed by atoms with Crippen molar-refractivity contribution in [3.8, 4) is 0 Å². The van der Waals surface area contributed by atoms with Crippen molar-refractivity contribution in [3.63, 3.8) is 0 Å². The molecular weight excluding hydrogens is 460 g/mol. The molecule has 9 heteroatoms. The molecule has 2 N–H and O–H groups in total. The minimum atomic E-state index is -3.70. The Morgan fingerprint density at radius 2 is 1.96 bits per heavy atom. The van der Waals surface area contributed by atoms with Crippen molar-refractivity contribution in [3.05, 3.63) is 54.2 Å². The maximum Gasteiger partial charge on any atom is 0.191 e. The van der Waals surface area contributed by atoms with E-state index in [1.807, 2.05) is 6.92 Å². The number of guanidine groups is 1. The molecule has 1 heterocycles. The van der Waals surface area contributed by atoms with Crippen LogP contribution in [-0.4, -0.2) is 33.2 Å². The molecule has 0 unspecified atom stereocenters. The summed E-state index contributed by atoms with van der Waals surface area (Å²) in [5.74, 6) is 0.193. The van der Waals surface area contributed by atoms with Crippen molar-refractivity contribution >= 4 is 39.8 Å². The highest BCUT2D eigenvalue weighted by Crippen LogP contribution is 2.14. The molecule has 1 aromatic carbocycles. The molecule has 1 aromatic heterocycles. The smallest absolute Gasteiger partial charge is 0.191 e. The number of aliphatic imine (C=N–C) groups is 1. The Morgan fingerprint density at radius 1 is 1.20 bits per heavy atom. The lowest BCUT2D eigenvalue weighted by molar-refractivity contribution is 0.512. The van der Waals surface area contributed by atoms with Crippen LogP contribution in [0.5, 0.6) is 0 Å². The van der Waals surface area contributed by atoms with Gasteiger partial charge in [-0.3, -0.25) is 0 Å². The van der Waals surface area contributed by atoms with Gasteiger partial charge in [0, 0.05) is 13.1 Å². The topological polar surface area (TPSA) is 83.7 Å². The van der Waals surface area contributed by atoms with Gasteiger partial charge in [-0.05, 0) is 31.2 Å². The fraction of sp³-hybridized carbons (Fsp3) is 0.312. The quantitative estimate of drug-likeness (QED) is 0.361.